The van der Waals surface area contributed by atoms with E-state index in [1.165, 1.54) is 32.1 Å². The van der Waals surface area contributed by atoms with E-state index in [9.17, 15) is 4.79 Å². The molecule has 1 nitrogen and oxygen atoms in total. The van der Waals surface area contributed by atoms with Crippen LogP contribution in [0.3, 0.4) is 0 Å². The summed E-state index contributed by atoms with van der Waals surface area (Å²) in [6.07, 6.45) is 7.53. The van der Waals surface area contributed by atoms with Gasteiger partial charge in [0.05, 0.1) is 0 Å². The summed E-state index contributed by atoms with van der Waals surface area (Å²) in [5, 5.41) is 0. The standard InChI is InChI=1S/C9H16O/c1-2-3-4-5-8-6-9(8)7-10/h7-9H,2-6H2,1H3/t8-,9+/m0/s1. The van der Waals surface area contributed by atoms with Crippen LogP contribution in [0, 0.1) is 11.8 Å². The zero-order chi connectivity index (χ0) is 7.40. The number of hydrogen-bond donors (Lipinski definition) is 0. The first-order valence-electron chi connectivity index (χ1n) is 4.33. The van der Waals surface area contributed by atoms with E-state index in [1.54, 1.807) is 0 Å². The van der Waals surface area contributed by atoms with Gasteiger partial charge >= 0.3 is 0 Å². The van der Waals surface area contributed by atoms with Crippen molar-refractivity contribution in [3.05, 3.63) is 0 Å². The molecule has 0 aromatic rings. The molecule has 1 aliphatic carbocycles. The smallest absolute Gasteiger partial charge is 0.123 e. The molecule has 1 saturated carbocycles. The van der Waals surface area contributed by atoms with Crippen molar-refractivity contribution in [2.75, 3.05) is 0 Å². The lowest BCUT2D eigenvalue weighted by Gasteiger charge is -1.94. The molecule has 1 aliphatic rings. The number of carbonyl (C=O) groups excluding carboxylic acids is 1. The molecule has 10 heavy (non-hydrogen) atoms. The average molecular weight is 140 g/mol. The Labute approximate surface area is 62.8 Å². The second kappa shape index (κ2) is 3.75. The van der Waals surface area contributed by atoms with Crippen LogP contribution in [0.4, 0.5) is 0 Å². The quantitative estimate of drug-likeness (QED) is 0.423. The van der Waals surface area contributed by atoms with Gasteiger partial charge in [0.2, 0.25) is 0 Å². The van der Waals surface area contributed by atoms with Crippen molar-refractivity contribution in [3.8, 4) is 0 Å². The third kappa shape index (κ3) is 2.13. The van der Waals surface area contributed by atoms with Crippen LogP contribution in [0.5, 0.6) is 0 Å². The number of rotatable bonds is 5. The Bertz CT molecular complexity index is 109. The molecule has 0 bridgehead atoms. The predicted octanol–water partition coefficient (Wildman–Crippen LogP) is 2.40. The van der Waals surface area contributed by atoms with Crippen LogP contribution in [-0.4, -0.2) is 6.29 Å². The molecular formula is C9H16O. The summed E-state index contributed by atoms with van der Waals surface area (Å²) in [4.78, 5) is 10.2. The number of hydrogen-bond acceptors (Lipinski definition) is 1. The summed E-state index contributed by atoms with van der Waals surface area (Å²) < 4.78 is 0. The highest BCUT2D eigenvalue weighted by molar-refractivity contribution is 5.58. The lowest BCUT2D eigenvalue weighted by Crippen LogP contribution is -1.83. The molecule has 1 heteroatoms. The summed E-state index contributed by atoms with van der Waals surface area (Å²) in [7, 11) is 0. The second-order valence-electron chi connectivity index (χ2n) is 3.29. The third-order valence-corrected chi connectivity index (χ3v) is 2.33. The fourth-order valence-corrected chi connectivity index (χ4v) is 1.43. The topological polar surface area (TPSA) is 17.1 Å². The monoisotopic (exact) mass is 140 g/mol. The van der Waals surface area contributed by atoms with Crippen molar-refractivity contribution < 1.29 is 4.79 Å². The average Bonchev–Trinajstić information content (AvgIpc) is 2.68. The molecule has 0 heterocycles. The van der Waals surface area contributed by atoms with Crippen molar-refractivity contribution >= 4 is 6.29 Å². The first kappa shape index (κ1) is 7.77. The van der Waals surface area contributed by atoms with Gasteiger partial charge in [0, 0.05) is 5.92 Å². The molecule has 58 valence electrons. The second-order valence-corrected chi connectivity index (χ2v) is 3.29. The summed E-state index contributed by atoms with van der Waals surface area (Å²) in [6, 6.07) is 0. The van der Waals surface area contributed by atoms with Gasteiger partial charge in [-0.1, -0.05) is 26.2 Å². The summed E-state index contributed by atoms with van der Waals surface area (Å²) in [6.45, 7) is 2.21. The maximum atomic E-state index is 10.2. The lowest BCUT2D eigenvalue weighted by molar-refractivity contribution is -0.109. The van der Waals surface area contributed by atoms with Crippen molar-refractivity contribution in [3.63, 3.8) is 0 Å². The van der Waals surface area contributed by atoms with E-state index in [0.717, 1.165) is 12.2 Å². The van der Waals surface area contributed by atoms with Crippen LogP contribution in [0.1, 0.15) is 39.0 Å². The maximum Gasteiger partial charge on any atom is 0.123 e. The van der Waals surface area contributed by atoms with Crippen LogP contribution < -0.4 is 0 Å². The van der Waals surface area contributed by atoms with E-state index in [1.807, 2.05) is 0 Å². The summed E-state index contributed by atoms with van der Waals surface area (Å²) in [5.74, 6) is 1.21. The van der Waals surface area contributed by atoms with Crippen LogP contribution in [-0.2, 0) is 4.79 Å². The molecule has 0 radical (unpaired) electrons. The van der Waals surface area contributed by atoms with Gasteiger partial charge in [0.1, 0.15) is 6.29 Å². The van der Waals surface area contributed by atoms with Gasteiger partial charge in [-0.3, -0.25) is 0 Å². The Morgan fingerprint density at radius 2 is 2.30 bits per heavy atom. The molecule has 0 spiro atoms. The van der Waals surface area contributed by atoms with Crippen LogP contribution in [0.2, 0.25) is 0 Å². The first-order chi connectivity index (χ1) is 4.88. The molecule has 0 amide bonds. The van der Waals surface area contributed by atoms with Gasteiger partial charge in [-0.15, -0.1) is 0 Å². The molecule has 0 unspecified atom stereocenters. The number of unbranched alkanes of at least 4 members (excludes halogenated alkanes) is 2. The molecule has 2 atom stereocenters. The molecule has 1 fully saturated rings. The zero-order valence-electron chi connectivity index (χ0n) is 6.68. The molecule has 0 aromatic heterocycles. The summed E-state index contributed by atoms with van der Waals surface area (Å²) in [5.41, 5.74) is 0. The highest BCUT2D eigenvalue weighted by atomic mass is 16.1. The fourth-order valence-electron chi connectivity index (χ4n) is 1.43. The SMILES string of the molecule is CCCCC[C@H]1C[C@@H]1C=O. The Morgan fingerprint density at radius 1 is 1.50 bits per heavy atom. The predicted molar refractivity (Wildman–Crippen MR) is 41.8 cm³/mol. The normalized spacial score (nSPS) is 30.1. The Morgan fingerprint density at radius 3 is 2.80 bits per heavy atom. The van der Waals surface area contributed by atoms with Crippen molar-refractivity contribution in [1.29, 1.82) is 0 Å². The third-order valence-electron chi connectivity index (χ3n) is 2.33. The van der Waals surface area contributed by atoms with Crippen LogP contribution in [0.15, 0.2) is 0 Å². The molecule has 0 aromatic carbocycles. The highest BCUT2D eigenvalue weighted by Crippen LogP contribution is 2.40. The van der Waals surface area contributed by atoms with Crippen LogP contribution in [0.25, 0.3) is 0 Å². The summed E-state index contributed by atoms with van der Waals surface area (Å²) >= 11 is 0. The Hall–Kier alpha value is -0.330. The van der Waals surface area contributed by atoms with Crippen molar-refractivity contribution in [1.82, 2.24) is 0 Å². The number of aldehydes is 1. The first-order valence-corrected chi connectivity index (χ1v) is 4.33. The van der Waals surface area contributed by atoms with Gasteiger partial charge in [-0.25, -0.2) is 0 Å². The van der Waals surface area contributed by atoms with E-state index in [0.29, 0.717) is 5.92 Å². The zero-order valence-corrected chi connectivity index (χ0v) is 6.68. The Kier molecular flexibility index (Phi) is 2.91. The van der Waals surface area contributed by atoms with Crippen molar-refractivity contribution in [2.24, 2.45) is 11.8 Å². The molecule has 0 aliphatic heterocycles. The van der Waals surface area contributed by atoms with Gasteiger partial charge < -0.3 is 4.79 Å². The maximum absolute atomic E-state index is 10.2. The molecule has 1 rings (SSSR count). The van der Waals surface area contributed by atoms with E-state index in [-0.39, 0.29) is 0 Å². The fraction of sp³-hybridized carbons (Fsp3) is 0.889. The molecule has 0 N–H and O–H groups in total. The van der Waals surface area contributed by atoms with Gasteiger partial charge in [-0.05, 0) is 18.8 Å². The Balaban J connectivity index is 1.91. The van der Waals surface area contributed by atoms with E-state index >= 15 is 0 Å². The van der Waals surface area contributed by atoms with E-state index in [4.69, 9.17) is 0 Å². The van der Waals surface area contributed by atoms with Gasteiger partial charge in [0.25, 0.3) is 0 Å². The minimum absolute atomic E-state index is 0.442. The van der Waals surface area contributed by atoms with Crippen LogP contribution >= 0.6 is 0 Å². The van der Waals surface area contributed by atoms with Crippen molar-refractivity contribution in [2.45, 2.75) is 39.0 Å². The highest BCUT2D eigenvalue weighted by Gasteiger charge is 2.35. The van der Waals surface area contributed by atoms with E-state index in [2.05, 4.69) is 6.92 Å². The minimum Gasteiger partial charge on any atom is -0.303 e. The minimum atomic E-state index is 0.442. The lowest BCUT2D eigenvalue weighted by atomic mass is 10.1. The van der Waals surface area contributed by atoms with Gasteiger partial charge in [0.15, 0.2) is 0 Å². The molecule has 0 saturated heterocycles. The van der Waals surface area contributed by atoms with E-state index < -0.39 is 0 Å². The molecular weight excluding hydrogens is 124 g/mol. The number of carbonyl (C=O) groups is 1. The van der Waals surface area contributed by atoms with Gasteiger partial charge in [-0.2, -0.15) is 0 Å². The largest absolute Gasteiger partial charge is 0.303 e.